The van der Waals surface area contributed by atoms with Crippen molar-refractivity contribution in [3.05, 3.63) is 77.5 Å². The van der Waals surface area contributed by atoms with Crippen LogP contribution in [-0.4, -0.2) is 36.2 Å². The predicted octanol–water partition coefficient (Wildman–Crippen LogP) is 4.20. The van der Waals surface area contributed by atoms with Crippen molar-refractivity contribution < 1.29 is 14.3 Å². The minimum absolute atomic E-state index is 0.0549. The zero-order valence-corrected chi connectivity index (χ0v) is 18.3. The molecule has 0 spiro atoms. The van der Waals surface area contributed by atoms with Crippen LogP contribution in [0.15, 0.2) is 65.8 Å². The van der Waals surface area contributed by atoms with Gasteiger partial charge < -0.3 is 10.1 Å². The van der Waals surface area contributed by atoms with Gasteiger partial charge in [-0.15, -0.1) is 0 Å². The molecule has 0 saturated carbocycles. The summed E-state index contributed by atoms with van der Waals surface area (Å²) in [5.74, 6) is 0.563. The molecular formula is C25H24N4O3. The molecule has 1 N–H and O–H groups in total. The quantitative estimate of drug-likeness (QED) is 0.660. The van der Waals surface area contributed by atoms with Crippen LogP contribution in [0.1, 0.15) is 23.1 Å². The van der Waals surface area contributed by atoms with Gasteiger partial charge in [-0.05, 0) is 66.9 Å². The van der Waals surface area contributed by atoms with E-state index in [9.17, 15) is 9.59 Å². The minimum atomic E-state index is -0.291. The number of carbonyl (C=O) groups excluding carboxylic acids is 2. The van der Waals surface area contributed by atoms with Crippen LogP contribution in [0.4, 0.5) is 17.2 Å². The molecule has 32 heavy (non-hydrogen) atoms. The Labute approximate surface area is 186 Å². The second-order valence-electron chi connectivity index (χ2n) is 7.60. The summed E-state index contributed by atoms with van der Waals surface area (Å²) in [6.45, 7) is 3.72. The predicted molar refractivity (Wildman–Crippen MR) is 125 cm³/mol. The van der Waals surface area contributed by atoms with Gasteiger partial charge in [0.15, 0.2) is 5.82 Å². The number of carbonyl (C=O) groups is 2. The van der Waals surface area contributed by atoms with Gasteiger partial charge in [0, 0.05) is 11.9 Å². The highest BCUT2D eigenvalue weighted by molar-refractivity contribution is 6.18. The SMILES string of the molecule is COc1ccc(C2=Nc3cccnc3N(CC(=O)Nc3c(C)cccc3C)C(=O)C2)cc1. The number of aryl methyl sites for hydroxylation is 2. The van der Waals surface area contributed by atoms with Gasteiger partial charge in [0.25, 0.3) is 0 Å². The highest BCUT2D eigenvalue weighted by atomic mass is 16.5. The number of nitrogens with one attached hydrogen (secondary N) is 1. The maximum atomic E-state index is 13.2. The van der Waals surface area contributed by atoms with Gasteiger partial charge >= 0.3 is 0 Å². The van der Waals surface area contributed by atoms with Crippen LogP contribution in [0.2, 0.25) is 0 Å². The first kappa shape index (κ1) is 21.2. The lowest BCUT2D eigenvalue weighted by Crippen LogP contribution is -2.39. The van der Waals surface area contributed by atoms with Gasteiger partial charge in [0.05, 0.1) is 19.2 Å². The molecule has 2 aromatic carbocycles. The first-order chi connectivity index (χ1) is 15.5. The minimum Gasteiger partial charge on any atom is -0.497 e. The molecule has 7 heteroatoms. The van der Waals surface area contributed by atoms with Crippen molar-refractivity contribution in [1.29, 1.82) is 0 Å². The Morgan fingerprint density at radius 3 is 2.47 bits per heavy atom. The van der Waals surface area contributed by atoms with Crippen molar-refractivity contribution in [1.82, 2.24) is 4.98 Å². The van der Waals surface area contributed by atoms with Crippen LogP contribution in [0, 0.1) is 13.8 Å². The molecule has 0 radical (unpaired) electrons. The molecule has 0 aliphatic carbocycles. The average molecular weight is 428 g/mol. The highest BCUT2D eigenvalue weighted by Gasteiger charge is 2.28. The van der Waals surface area contributed by atoms with Crippen molar-refractivity contribution in [2.24, 2.45) is 4.99 Å². The number of aromatic nitrogens is 1. The number of amides is 2. The van der Waals surface area contributed by atoms with Gasteiger partial charge in [0.1, 0.15) is 18.0 Å². The lowest BCUT2D eigenvalue weighted by atomic mass is 10.1. The second-order valence-corrected chi connectivity index (χ2v) is 7.60. The van der Waals surface area contributed by atoms with E-state index in [0.29, 0.717) is 17.2 Å². The van der Waals surface area contributed by atoms with Gasteiger partial charge in [-0.1, -0.05) is 18.2 Å². The second kappa shape index (κ2) is 9.01. The Balaban J connectivity index is 1.61. The van der Waals surface area contributed by atoms with Crippen LogP contribution in [0.25, 0.3) is 0 Å². The van der Waals surface area contributed by atoms with Gasteiger partial charge in [0.2, 0.25) is 11.8 Å². The number of para-hydroxylation sites is 1. The van der Waals surface area contributed by atoms with E-state index in [2.05, 4.69) is 10.3 Å². The van der Waals surface area contributed by atoms with E-state index in [4.69, 9.17) is 9.73 Å². The van der Waals surface area contributed by atoms with Crippen molar-refractivity contribution in [3.8, 4) is 5.75 Å². The molecule has 2 heterocycles. The summed E-state index contributed by atoms with van der Waals surface area (Å²) in [6, 6.07) is 16.8. The van der Waals surface area contributed by atoms with Crippen LogP contribution in [0.3, 0.4) is 0 Å². The Bertz CT molecular complexity index is 1180. The molecule has 162 valence electrons. The van der Waals surface area contributed by atoms with E-state index < -0.39 is 0 Å². The first-order valence-electron chi connectivity index (χ1n) is 10.3. The molecule has 1 aromatic heterocycles. The monoisotopic (exact) mass is 428 g/mol. The molecule has 2 amide bonds. The molecule has 0 unspecified atom stereocenters. The van der Waals surface area contributed by atoms with Crippen LogP contribution >= 0.6 is 0 Å². The Hall–Kier alpha value is -4.00. The van der Waals surface area contributed by atoms with Crippen LogP contribution < -0.4 is 15.0 Å². The third-order valence-corrected chi connectivity index (χ3v) is 5.37. The van der Waals surface area contributed by atoms with Crippen molar-refractivity contribution >= 4 is 34.7 Å². The summed E-state index contributed by atoms with van der Waals surface area (Å²) in [4.78, 5) is 36.6. The maximum Gasteiger partial charge on any atom is 0.244 e. The fraction of sp³-hybridized carbons (Fsp3) is 0.200. The standard InChI is InChI=1S/C25H24N4O3/c1-16-6-4-7-17(2)24(16)28-22(30)15-29-23(31)14-21(18-9-11-19(32-3)12-10-18)27-20-8-5-13-26-25(20)29/h4-13H,14-15H2,1-3H3,(H,28,30). The Morgan fingerprint density at radius 1 is 1.06 bits per heavy atom. The lowest BCUT2D eigenvalue weighted by Gasteiger charge is -2.21. The number of fused-ring (bicyclic) bond motifs is 1. The summed E-state index contributed by atoms with van der Waals surface area (Å²) in [7, 11) is 1.60. The molecule has 0 saturated heterocycles. The Kier molecular flexibility index (Phi) is 5.98. The topological polar surface area (TPSA) is 83.9 Å². The van der Waals surface area contributed by atoms with Crippen LogP contribution in [0.5, 0.6) is 5.75 Å². The number of rotatable bonds is 5. The number of pyridine rings is 1. The zero-order chi connectivity index (χ0) is 22.7. The Morgan fingerprint density at radius 2 is 1.78 bits per heavy atom. The molecule has 1 aliphatic rings. The summed E-state index contributed by atoms with van der Waals surface area (Å²) in [6.07, 6.45) is 1.65. The van der Waals surface area contributed by atoms with E-state index in [1.165, 1.54) is 4.90 Å². The number of aliphatic imine (C=N–C) groups is 1. The van der Waals surface area contributed by atoms with Gasteiger partial charge in [-0.25, -0.2) is 9.98 Å². The zero-order valence-electron chi connectivity index (χ0n) is 18.3. The molecule has 4 rings (SSSR count). The third-order valence-electron chi connectivity index (χ3n) is 5.37. The molecule has 1 aliphatic heterocycles. The van der Waals surface area contributed by atoms with Crippen molar-refractivity contribution in [2.75, 3.05) is 23.9 Å². The number of methoxy groups -OCH3 is 1. The third kappa shape index (κ3) is 4.37. The van der Waals surface area contributed by atoms with E-state index in [1.807, 2.05) is 56.3 Å². The summed E-state index contributed by atoms with van der Waals surface area (Å²) in [5, 5.41) is 2.94. The fourth-order valence-corrected chi connectivity index (χ4v) is 3.67. The molecule has 7 nitrogen and oxygen atoms in total. The summed E-state index contributed by atoms with van der Waals surface area (Å²) >= 11 is 0. The molecule has 0 fully saturated rings. The number of ether oxygens (including phenoxy) is 1. The first-order valence-corrected chi connectivity index (χ1v) is 10.3. The number of hydrogen-bond donors (Lipinski definition) is 1. The van der Waals surface area contributed by atoms with E-state index in [1.54, 1.807) is 25.4 Å². The van der Waals surface area contributed by atoms with Gasteiger partial charge in [-0.3, -0.25) is 14.5 Å². The number of anilines is 2. The number of hydrogen-bond acceptors (Lipinski definition) is 5. The smallest absolute Gasteiger partial charge is 0.244 e. The highest BCUT2D eigenvalue weighted by Crippen LogP contribution is 2.31. The molecular weight excluding hydrogens is 404 g/mol. The van der Waals surface area contributed by atoms with E-state index in [0.717, 1.165) is 28.1 Å². The number of nitrogens with zero attached hydrogens (tertiary/aromatic N) is 3. The average Bonchev–Trinajstić information content (AvgIpc) is 2.93. The largest absolute Gasteiger partial charge is 0.497 e. The summed E-state index contributed by atoms with van der Waals surface area (Å²) in [5.41, 5.74) is 4.66. The normalized spacial score (nSPS) is 13.2. The lowest BCUT2D eigenvalue weighted by molar-refractivity contribution is -0.120. The van der Waals surface area contributed by atoms with E-state index >= 15 is 0 Å². The molecule has 0 atom stereocenters. The maximum absolute atomic E-state index is 13.2. The molecule has 3 aromatic rings. The van der Waals surface area contributed by atoms with Gasteiger partial charge in [-0.2, -0.15) is 0 Å². The van der Waals surface area contributed by atoms with E-state index in [-0.39, 0.29) is 24.8 Å². The van der Waals surface area contributed by atoms with Crippen molar-refractivity contribution in [3.63, 3.8) is 0 Å². The summed E-state index contributed by atoms with van der Waals surface area (Å²) < 4.78 is 5.22. The fourth-order valence-electron chi connectivity index (χ4n) is 3.67. The van der Waals surface area contributed by atoms with Crippen LogP contribution in [-0.2, 0) is 9.59 Å². The molecule has 0 bridgehead atoms. The number of benzene rings is 2. The van der Waals surface area contributed by atoms with Crippen molar-refractivity contribution in [2.45, 2.75) is 20.3 Å².